The topological polar surface area (TPSA) is 29.5 Å². The van der Waals surface area contributed by atoms with Crippen LogP contribution >= 0.6 is 0 Å². The van der Waals surface area contributed by atoms with Gasteiger partial charge in [0.2, 0.25) is 0 Å². The smallest absolute Gasteiger partial charge is 0.258 e. The zero-order valence-electron chi connectivity index (χ0n) is 18.1. The van der Waals surface area contributed by atoms with E-state index >= 15 is 0 Å². The molecule has 4 fully saturated rings. The summed E-state index contributed by atoms with van der Waals surface area (Å²) in [7, 11) is 0. The van der Waals surface area contributed by atoms with Gasteiger partial charge in [-0.1, -0.05) is 62.4 Å². The standard InChI is InChI=1S/C27H31NO2/c1-26(2)21-15-20-19(14-17-10-6-4-7-11-17)23-24(30-27(20,3)16-22(21)26)25(29)28(23)18-12-8-5-9-13-18/h4-13,19-24H,14-16H2,1-3H3/t19-,20+,21-,22+,23+,24+,27-/m0/s1. The van der Waals surface area contributed by atoms with E-state index < -0.39 is 0 Å². The van der Waals surface area contributed by atoms with Crippen LogP contribution < -0.4 is 4.90 Å². The lowest BCUT2D eigenvalue weighted by atomic mass is 9.61. The van der Waals surface area contributed by atoms with Crippen molar-refractivity contribution in [3.63, 3.8) is 0 Å². The Labute approximate surface area is 179 Å². The van der Waals surface area contributed by atoms with Gasteiger partial charge in [0, 0.05) is 5.69 Å². The molecule has 156 valence electrons. The van der Waals surface area contributed by atoms with E-state index in [1.165, 1.54) is 12.0 Å². The molecule has 2 saturated carbocycles. The molecule has 0 spiro atoms. The third-order valence-corrected chi connectivity index (χ3v) is 8.99. The van der Waals surface area contributed by atoms with Crippen LogP contribution in [-0.2, 0) is 16.0 Å². The van der Waals surface area contributed by atoms with Crippen molar-refractivity contribution >= 4 is 11.6 Å². The summed E-state index contributed by atoms with van der Waals surface area (Å²) in [6.07, 6.45) is 3.05. The average molecular weight is 402 g/mol. The zero-order valence-corrected chi connectivity index (χ0v) is 18.1. The van der Waals surface area contributed by atoms with Crippen molar-refractivity contribution in [2.75, 3.05) is 4.90 Å². The number of fused-ring (bicyclic) bond motifs is 3. The van der Waals surface area contributed by atoms with Gasteiger partial charge in [-0.15, -0.1) is 0 Å². The average Bonchev–Trinajstić information content (AvgIpc) is 3.27. The molecule has 2 aliphatic carbocycles. The summed E-state index contributed by atoms with van der Waals surface area (Å²) in [5.41, 5.74) is 2.61. The molecule has 0 aromatic heterocycles. The number of carbonyl (C=O) groups is 1. The number of para-hydroxylation sites is 1. The number of hydrogen-bond acceptors (Lipinski definition) is 2. The quantitative estimate of drug-likeness (QED) is 0.670. The second-order valence-corrected chi connectivity index (χ2v) is 10.8. The summed E-state index contributed by atoms with van der Waals surface area (Å²) in [5, 5.41) is 0. The Morgan fingerprint density at radius 2 is 1.60 bits per heavy atom. The molecule has 0 bridgehead atoms. The lowest BCUT2D eigenvalue weighted by molar-refractivity contribution is -0.218. The van der Waals surface area contributed by atoms with Crippen LogP contribution in [0.1, 0.15) is 39.2 Å². The van der Waals surface area contributed by atoms with Gasteiger partial charge in [-0.05, 0) is 73.0 Å². The molecule has 3 nitrogen and oxygen atoms in total. The maximum Gasteiger partial charge on any atom is 0.258 e. The van der Waals surface area contributed by atoms with Crippen molar-refractivity contribution in [2.45, 2.75) is 57.8 Å². The van der Waals surface area contributed by atoms with Gasteiger partial charge in [0.1, 0.15) is 0 Å². The molecule has 2 aromatic rings. The molecular formula is C27H31NO2. The number of nitrogens with zero attached hydrogens (tertiary/aromatic N) is 1. The van der Waals surface area contributed by atoms with E-state index in [1.807, 2.05) is 23.1 Å². The van der Waals surface area contributed by atoms with E-state index in [0.29, 0.717) is 17.3 Å². The number of β-lactam (4-membered cyclic amide) rings is 1. The minimum absolute atomic E-state index is 0.136. The monoisotopic (exact) mass is 401 g/mol. The van der Waals surface area contributed by atoms with E-state index in [9.17, 15) is 4.79 Å². The van der Waals surface area contributed by atoms with Crippen LogP contribution in [0, 0.1) is 29.1 Å². The van der Waals surface area contributed by atoms with Crippen molar-refractivity contribution in [1.82, 2.24) is 0 Å². The fourth-order valence-corrected chi connectivity index (χ4v) is 7.19. The van der Waals surface area contributed by atoms with E-state index in [4.69, 9.17) is 4.74 Å². The summed E-state index contributed by atoms with van der Waals surface area (Å²) in [6, 6.07) is 21.1. The van der Waals surface area contributed by atoms with Crippen LogP contribution in [0.15, 0.2) is 60.7 Å². The molecule has 0 unspecified atom stereocenters. The summed E-state index contributed by atoms with van der Waals surface area (Å²) in [5.74, 6) is 2.59. The summed E-state index contributed by atoms with van der Waals surface area (Å²) >= 11 is 0. The SMILES string of the molecule is CC1(C)[C@@H]2C[C@]3(C)O[C@H]4C(=O)N(c5ccccc5)[C@@H]4[C@@H](Cc4ccccc4)[C@H]3C[C@@H]21. The van der Waals surface area contributed by atoms with Gasteiger partial charge in [-0.25, -0.2) is 0 Å². The highest BCUT2D eigenvalue weighted by Crippen LogP contribution is 2.70. The first kappa shape index (κ1) is 18.6. The second-order valence-electron chi connectivity index (χ2n) is 10.8. The molecule has 2 aromatic carbocycles. The van der Waals surface area contributed by atoms with Gasteiger partial charge in [0.15, 0.2) is 6.10 Å². The molecule has 3 heteroatoms. The molecule has 4 aliphatic rings. The van der Waals surface area contributed by atoms with Gasteiger partial charge in [0.25, 0.3) is 5.91 Å². The fraction of sp³-hybridized carbons (Fsp3) is 0.519. The largest absolute Gasteiger partial charge is 0.360 e. The van der Waals surface area contributed by atoms with Crippen LogP contribution in [0.2, 0.25) is 0 Å². The van der Waals surface area contributed by atoms with Gasteiger partial charge in [-0.2, -0.15) is 0 Å². The Morgan fingerprint density at radius 3 is 2.30 bits per heavy atom. The maximum atomic E-state index is 13.2. The van der Waals surface area contributed by atoms with Crippen LogP contribution in [0.4, 0.5) is 5.69 Å². The first-order valence-corrected chi connectivity index (χ1v) is 11.5. The highest BCUT2D eigenvalue weighted by molar-refractivity contribution is 6.05. The number of rotatable bonds is 3. The van der Waals surface area contributed by atoms with E-state index in [0.717, 1.165) is 30.4 Å². The Kier molecular flexibility index (Phi) is 3.85. The summed E-state index contributed by atoms with van der Waals surface area (Å²) in [6.45, 7) is 7.14. The highest BCUT2D eigenvalue weighted by atomic mass is 16.5. The van der Waals surface area contributed by atoms with Crippen molar-refractivity contribution in [3.8, 4) is 0 Å². The molecule has 1 amide bonds. The predicted molar refractivity (Wildman–Crippen MR) is 118 cm³/mol. The van der Waals surface area contributed by atoms with E-state index in [2.05, 4.69) is 63.2 Å². The van der Waals surface area contributed by atoms with Gasteiger partial charge >= 0.3 is 0 Å². The molecule has 2 saturated heterocycles. The van der Waals surface area contributed by atoms with Crippen molar-refractivity contribution in [2.24, 2.45) is 29.1 Å². The minimum Gasteiger partial charge on any atom is -0.360 e. The normalized spacial score (nSPS) is 40.6. The fourth-order valence-electron chi connectivity index (χ4n) is 7.19. The highest BCUT2D eigenvalue weighted by Gasteiger charge is 2.70. The zero-order chi connectivity index (χ0) is 20.7. The van der Waals surface area contributed by atoms with Crippen molar-refractivity contribution in [3.05, 3.63) is 66.2 Å². The Bertz CT molecular complexity index is 971. The summed E-state index contributed by atoms with van der Waals surface area (Å²) in [4.78, 5) is 15.3. The number of hydrogen-bond donors (Lipinski definition) is 0. The van der Waals surface area contributed by atoms with Gasteiger partial charge in [-0.3, -0.25) is 4.79 Å². The number of amides is 1. The van der Waals surface area contributed by atoms with E-state index in [1.54, 1.807) is 0 Å². The molecule has 7 atom stereocenters. The maximum absolute atomic E-state index is 13.2. The summed E-state index contributed by atoms with van der Waals surface area (Å²) < 4.78 is 6.71. The molecule has 0 radical (unpaired) electrons. The number of benzene rings is 2. The lowest BCUT2D eigenvalue weighted by Crippen LogP contribution is -2.76. The number of anilines is 1. The molecule has 0 N–H and O–H groups in total. The molecular weight excluding hydrogens is 370 g/mol. The third-order valence-electron chi connectivity index (χ3n) is 8.99. The molecule has 2 heterocycles. The number of ether oxygens (including phenoxy) is 1. The number of carbonyl (C=O) groups excluding carboxylic acids is 1. The Hall–Kier alpha value is -2.13. The molecule has 2 aliphatic heterocycles. The first-order valence-electron chi connectivity index (χ1n) is 11.5. The van der Waals surface area contributed by atoms with Crippen molar-refractivity contribution < 1.29 is 9.53 Å². The third kappa shape index (κ3) is 2.51. The lowest BCUT2D eigenvalue weighted by Gasteiger charge is -2.62. The van der Waals surface area contributed by atoms with Gasteiger partial charge < -0.3 is 9.64 Å². The Morgan fingerprint density at radius 1 is 0.933 bits per heavy atom. The minimum atomic E-state index is -0.293. The Balaban J connectivity index is 1.40. The predicted octanol–water partition coefficient (Wildman–Crippen LogP) is 5.10. The van der Waals surface area contributed by atoms with Crippen LogP contribution in [0.3, 0.4) is 0 Å². The van der Waals surface area contributed by atoms with Crippen LogP contribution in [-0.4, -0.2) is 23.7 Å². The van der Waals surface area contributed by atoms with Crippen LogP contribution in [0.5, 0.6) is 0 Å². The van der Waals surface area contributed by atoms with Crippen LogP contribution in [0.25, 0.3) is 0 Å². The second kappa shape index (κ2) is 6.20. The van der Waals surface area contributed by atoms with E-state index in [-0.39, 0.29) is 23.7 Å². The first-order chi connectivity index (χ1) is 14.4. The van der Waals surface area contributed by atoms with Crippen molar-refractivity contribution in [1.29, 1.82) is 0 Å². The molecule has 6 rings (SSSR count). The molecule has 30 heavy (non-hydrogen) atoms. The van der Waals surface area contributed by atoms with Gasteiger partial charge in [0.05, 0.1) is 11.6 Å².